The quantitative estimate of drug-likeness (QED) is 0.275. The number of aliphatic hydroxyl groups excluding tert-OH is 1. The minimum atomic E-state index is -0.668. The van der Waals surface area contributed by atoms with E-state index in [4.69, 9.17) is 14.2 Å². The van der Waals surface area contributed by atoms with Crippen molar-refractivity contribution in [2.24, 2.45) is 34.0 Å². The van der Waals surface area contributed by atoms with Gasteiger partial charge in [0, 0.05) is 28.1 Å². The van der Waals surface area contributed by atoms with Crippen LogP contribution < -0.4 is 9.47 Å². The zero-order valence-electron chi connectivity index (χ0n) is 23.0. The van der Waals surface area contributed by atoms with Crippen molar-refractivity contribution in [3.05, 3.63) is 30.9 Å². The predicted octanol–water partition coefficient (Wildman–Crippen LogP) is 5.70. The molecular weight excluding hydrogens is 488 g/mol. The van der Waals surface area contributed by atoms with E-state index in [1.165, 1.54) is 11.8 Å². The molecule has 0 aliphatic heterocycles. The van der Waals surface area contributed by atoms with Crippen LogP contribution in [0.25, 0.3) is 0 Å². The summed E-state index contributed by atoms with van der Waals surface area (Å²) in [4.78, 5) is 27.7. The number of hydrogen-bond acceptors (Lipinski definition) is 7. The van der Waals surface area contributed by atoms with Crippen LogP contribution in [0.15, 0.2) is 35.7 Å². The second-order valence-electron chi connectivity index (χ2n) is 11.9. The second-order valence-corrected chi connectivity index (χ2v) is 12.9. The number of methoxy groups -OCH3 is 2. The first-order chi connectivity index (χ1) is 17.5. The summed E-state index contributed by atoms with van der Waals surface area (Å²) in [5.41, 5.74) is -1.42. The van der Waals surface area contributed by atoms with Crippen LogP contribution in [0.5, 0.6) is 11.5 Å². The summed E-state index contributed by atoms with van der Waals surface area (Å²) in [5.74, 6) is 1.24. The molecule has 3 aliphatic rings. The number of Topliss-reactive ketones (excluding diaryl/α,β-unsaturated/α-hetero) is 1. The molecule has 0 saturated heterocycles. The molecule has 4 rings (SSSR count). The molecule has 3 saturated carbocycles. The highest BCUT2D eigenvalue weighted by molar-refractivity contribution is 8.00. The highest BCUT2D eigenvalue weighted by Gasteiger charge is 2.68. The largest absolute Gasteiger partial charge is 0.493 e. The molecule has 2 bridgehead atoms. The van der Waals surface area contributed by atoms with Gasteiger partial charge in [0.05, 0.1) is 26.1 Å². The van der Waals surface area contributed by atoms with E-state index in [9.17, 15) is 14.7 Å². The molecule has 8 atom stereocenters. The molecule has 1 N–H and O–H groups in total. The topological polar surface area (TPSA) is 82.1 Å². The van der Waals surface area contributed by atoms with Gasteiger partial charge < -0.3 is 19.3 Å². The van der Waals surface area contributed by atoms with Gasteiger partial charge in [0.15, 0.2) is 11.5 Å². The fourth-order valence-corrected chi connectivity index (χ4v) is 8.45. The number of ether oxygens (including phenoxy) is 3. The Morgan fingerprint density at radius 1 is 1.19 bits per heavy atom. The Balaban J connectivity index is 1.64. The van der Waals surface area contributed by atoms with Gasteiger partial charge in [0.25, 0.3) is 0 Å². The molecule has 7 heteroatoms. The summed E-state index contributed by atoms with van der Waals surface area (Å²) in [6.45, 7) is 12.6. The van der Waals surface area contributed by atoms with Crippen LogP contribution in [-0.4, -0.2) is 49.0 Å². The summed E-state index contributed by atoms with van der Waals surface area (Å²) in [6.07, 6.45) is 4.29. The third kappa shape index (κ3) is 4.50. The van der Waals surface area contributed by atoms with Gasteiger partial charge in [-0.2, -0.15) is 0 Å². The van der Waals surface area contributed by atoms with Gasteiger partial charge in [-0.15, -0.1) is 18.3 Å². The molecule has 1 aromatic carbocycles. The molecule has 0 spiro atoms. The van der Waals surface area contributed by atoms with Gasteiger partial charge in [-0.25, -0.2) is 0 Å². The zero-order chi connectivity index (χ0) is 27.2. The Bertz CT molecular complexity index is 1060. The second kappa shape index (κ2) is 10.3. The Hall–Kier alpha value is -1.99. The maximum atomic E-state index is 13.5. The molecule has 6 nitrogen and oxygen atoms in total. The smallest absolute Gasteiger partial charge is 0.316 e. The Labute approximate surface area is 225 Å². The normalized spacial score (nSPS) is 39.2. The number of carbonyl (C=O) groups is 2. The molecule has 3 aliphatic carbocycles. The summed E-state index contributed by atoms with van der Waals surface area (Å²) < 4.78 is 17.0. The van der Waals surface area contributed by atoms with Gasteiger partial charge in [0.2, 0.25) is 0 Å². The van der Waals surface area contributed by atoms with Gasteiger partial charge in [-0.1, -0.05) is 33.8 Å². The summed E-state index contributed by atoms with van der Waals surface area (Å²) in [6, 6.07) is 5.54. The van der Waals surface area contributed by atoms with Crippen molar-refractivity contribution < 1.29 is 28.9 Å². The summed E-state index contributed by atoms with van der Waals surface area (Å²) >= 11 is 1.38. The number of aliphatic hydroxyl groups is 1. The zero-order valence-corrected chi connectivity index (χ0v) is 23.9. The van der Waals surface area contributed by atoms with Gasteiger partial charge >= 0.3 is 5.97 Å². The van der Waals surface area contributed by atoms with Crippen LogP contribution in [-0.2, 0) is 14.3 Å². The fraction of sp³-hybridized carbons (Fsp3) is 0.667. The minimum absolute atomic E-state index is 0.0453. The SMILES string of the molecule is C=C[C@]1(C)C[C@@H](OC(=O)CSc2ccc(OC)c(OC)c2)[C@]2(C)C(C)CCC3(CCC(=O)C32)[C@@H](C)[C@@H]1O. The molecule has 204 valence electrons. The summed E-state index contributed by atoms with van der Waals surface area (Å²) in [5, 5.41) is 11.6. The molecule has 0 aromatic heterocycles. The predicted molar refractivity (Wildman–Crippen MR) is 145 cm³/mol. The van der Waals surface area contributed by atoms with Gasteiger partial charge in [-0.3, -0.25) is 9.59 Å². The number of rotatable bonds is 7. The monoisotopic (exact) mass is 530 g/mol. The molecule has 0 amide bonds. The number of benzene rings is 1. The number of thioether (sulfide) groups is 1. The highest BCUT2D eigenvalue weighted by atomic mass is 32.2. The third-order valence-electron chi connectivity index (χ3n) is 10.3. The molecule has 0 heterocycles. The van der Waals surface area contributed by atoms with Crippen molar-refractivity contribution in [2.45, 2.75) is 76.9 Å². The van der Waals surface area contributed by atoms with E-state index in [-0.39, 0.29) is 40.7 Å². The van der Waals surface area contributed by atoms with E-state index < -0.39 is 23.0 Å². The van der Waals surface area contributed by atoms with E-state index in [0.717, 1.165) is 24.2 Å². The van der Waals surface area contributed by atoms with Gasteiger partial charge in [0.1, 0.15) is 11.9 Å². The van der Waals surface area contributed by atoms with E-state index in [0.29, 0.717) is 24.3 Å². The van der Waals surface area contributed by atoms with Crippen LogP contribution in [0.2, 0.25) is 0 Å². The molecule has 1 aromatic rings. The standard InChI is InChI=1S/C30H42O6S/c1-8-28(4)16-24(36-25(32)17-37-20-9-10-22(34-6)23(15-20)35-7)29(5)18(2)11-13-30(19(3)27(28)33)14-12-21(31)26(29)30/h8-10,15,18-19,24,26-27,33H,1,11-14,16-17H2,2-7H3/t18?,19-,24+,26?,27-,28+,29-,30?/m0/s1. The Kier molecular flexibility index (Phi) is 7.80. The molecule has 37 heavy (non-hydrogen) atoms. The van der Waals surface area contributed by atoms with Crippen LogP contribution in [0.3, 0.4) is 0 Å². The van der Waals surface area contributed by atoms with Crippen LogP contribution in [0.4, 0.5) is 0 Å². The molecular formula is C30H42O6S. The first-order valence-electron chi connectivity index (χ1n) is 13.4. The first-order valence-corrected chi connectivity index (χ1v) is 14.3. The maximum absolute atomic E-state index is 13.5. The lowest BCUT2D eigenvalue weighted by Gasteiger charge is -2.61. The average molecular weight is 531 g/mol. The van der Waals surface area contributed by atoms with Crippen molar-refractivity contribution in [1.29, 1.82) is 0 Å². The van der Waals surface area contributed by atoms with Crippen LogP contribution in [0.1, 0.15) is 59.8 Å². The highest BCUT2D eigenvalue weighted by Crippen LogP contribution is 2.68. The number of hydrogen-bond donors (Lipinski definition) is 1. The van der Waals surface area contributed by atoms with Crippen LogP contribution >= 0.6 is 11.8 Å². The lowest BCUT2D eigenvalue weighted by Crippen LogP contribution is -2.63. The van der Waals surface area contributed by atoms with Crippen molar-refractivity contribution >= 4 is 23.5 Å². The molecule has 3 fully saturated rings. The number of ketones is 1. The van der Waals surface area contributed by atoms with E-state index in [2.05, 4.69) is 27.4 Å². The third-order valence-corrected chi connectivity index (χ3v) is 11.3. The minimum Gasteiger partial charge on any atom is -0.493 e. The van der Waals surface area contributed by atoms with Crippen LogP contribution in [0, 0.1) is 34.0 Å². The molecule has 3 unspecified atom stereocenters. The van der Waals surface area contributed by atoms with E-state index in [1.807, 2.05) is 31.2 Å². The Morgan fingerprint density at radius 2 is 1.89 bits per heavy atom. The van der Waals surface area contributed by atoms with Crippen molar-refractivity contribution in [2.75, 3.05) is 20.0 Å². The lowest BCUT2D eigenvalue weighted by molar-refractivity contribution is -0.205. The fourth-order valence-electron chi connectivity index (χ4n) is 7.74. The molecule has 0 radical (unpaired) electrons. The number of esters is 1. The summed E-state index contributed by atoms with van der Waals surface area (Å²) in [7, 11) is 3.17. The van der Waals surface area contributed by atoms with E-state index in [1.54, 1.807) is 14.2 Å². The lowest BCUT2D eigenvalue weighted by atomic mass is 9.44. The first kappa shape index (κ1) is 28.0. The van der Waals surface area contributed by atoms with Crippen molar-refractivity contribution in [3.63, 3.8) is 0 Å². The maximum Gasteiger partial charge on any atom is 0.316 e. The van der Waals surface area contributed by atoms with E-state index >= 15 is 0 Å². The average Bonchev–Trinajstić information content (AvgIpc) is 3.25. The van der Waals surface area contributed by atoms with Crippen molar-refractivity contribution in [1.82, 2.24) is 0 Å². The van der Waals surface area contributed by atoms with Gasteiger partial charge in [-0.05, 0) is 61.1 Å². The number of carbonyl (C=O) groups excluding carboxylic acids is 2. The Morgan fingerprint density at radius 3 is 2.54 bits per heavy atom. The van der Waals surface area contributed by atoms with Crippen molar-refractivity contribution in [3.8, 4) is 11.5 Å².